The Morgan fingerprint density at radius 3 is 2.52 bits per heavy atom. The lowest BCUT2D eigenvalue weighted by Crippen LogP contribution is -2.41. The van der Waals surface area contributed by atoms with Crippen molar-refractivity contribution < 1.29 is 14.3 Å². The maximum absolute atomic E-state index is 12.3. The molecular formula is C19H21NO3. The molecule has 0 aliphatic carbocycles. The number of hydrogen-bond acceptors (Lipinski definition) is 3. The van der Waals surface area contributed by atoms with Crippen molar-refractivity contribution in [3.8, 4) is 5.75 Å². The SMILES string of the molecule is O=C(Cc1cccc(COc2ccccc2)c1)N1CCOCC1. The van der Waals surface area contributed by atoms with E-state index in [1.54, 1.807) is 0 Å². The average molecular weight is 311 g/mol. The van der Waals surface area contributed by atoms with Gasteiger partial charge in [-0.1, -0.05) is 42.5 Å². The molecular weight excluding hydrogens is 290 g/mol. The molecule has 2 aromatic carbocycles. The predicted molar refractivity (Wildman–Crippen MR) is 88.3 cm³/mol. The molecule has 1 aliphatic heterocycles. The Morgan fingerprint density at radius 1 is 1.00 bits per heavy atom. The first-order valence-electron chi connectivity index (χ1n) is 7.92. The molecule has 23 heavy (non-hydrogen) atoms. The summed E-state index contributed by atoms with van der Waals surface area (Å²) in [4.78, 5) is 14.2. The molecule has 0 radical (unpaired) electrons. The molecule has 2 aromatic rings. The average Bonchev–Trinajstić information content (AvgIpc) is 2.62. The minimum Gasteiger partial charge on any atom is -0.489 e. The number of carbonyl (C=O) groups excluding carboxylic acids is 1. The van der Waals surface area contributed by atoms with E-state index in [4.69, 9.17) is 9.47 Å². The van der Waals surface area contributed by atoms with Crippen molar-refractivity contribution in [2.45, 2.75) is 13.0 Å². The Hall–Kier alpha value is -2.33. The van der Waals surface area contributed by atoms with Crippen LogP contribution in [0, 0.1) is 0 Å². The maximum Gasteiger partial charge on any atom is 0.227 e. The fourth-order valence-corrected chi connectivity index (χ4v) is 2.61. The molecule has 0 N–H and O–H groups in total. The van der Waals surface area contributed by atoms with Gasteiger partial charge >= 0.3 is 0 Å². The highest BCUT2D eigenvalue weighted by Gasteiger charge is 2.16. The molecule has 4 heteroatoms. The predicted octanol–water partition coefficient (Wildman–Crippen LogP) is 2.67. The molecule has 0 bridgehead atoms. The van der Waals surface area contributed by atoms with Crippen LogP contribution in [0.2, 0.25) is 0 Å². The number of rotatable bonds is 5. The quantitative estimate of drug-likeness (QED) is 0.852. The van der Waals surface area contributed by atoms with Crippen molar-refractivity contribution in [2.75, 3.05) is 26.3 Å². The summed E-state index contributed by atoms with van der Waals surface area (Å²) in [5, 5.41) is 0. The second kappa shape index (κ2) is 7.79. The number of amides is 1. The lowest BCUT2D eigenvalue weighted by molar-refractivity contribution is -0.134. The number of ether oxygens (including phenoxy) is 2. The zero-order valence-electron chi connectivity index (χ0n) is 13.1. The molecule has 1 heterocycles. The zero-order valence-corrected chi connectivity index (χ0v) is 13.1. The van der Waals surface area contributed by atoms with E-state index in [0.29, 0.717) is 39.3 Å². The molecule has 1 saturated heterocycles. The third-order valence-electron chi connectivity index (χ3n) is 3.86. The van der Waals surface area contributed by atoms with Crippen molar-refractivity contribution in [3.05, 3.63) is 65.7 Å². The molecule has 0 aromatic heterocycles. The molecule has 3 rings (SSSR count). The first-order valence-corrected chi connectivity index (χ1v) is 7.92. The summed E-state index contributed by atoms with van der Waals surface area (Å²) in [5.74, 6) is 1.01. The number of hydrogen-bond donors (Lipinski definition) is 0. The fourth-order valence-electron chi connectivity index (χ4n) is 2.61. The molecule has 1 amide bonds. The lowest BCUT2D eigenvalue weighted by Gasteiger charge is -2.26. The van der Waals surface area contributed by atoms with Gasteiger partial charge in [-0.15, -0.1) is 0 Å². The fraction of sp³-hybridized carbons (Fsp3) is 0.316. The largest absolute Gasteiger partial charge is 0.489 e. The van der Waals surface area contributed by atoms with Crippen molar-refractivity contribution in [1.82, 2.24) is 4.90 Å². The summed E-state index contributed by atoms with van der Waals surface area (Å²) in [6, 6.07) is 17.8. The highest BCUT2D eigenvalue weighted by Crippen LogP contribution is 2.13. The molecule has 0 atom stereocenters. The van der Waals surface area contributed by atoms with E-state index in [1.165, 1.54) is 0 Å². The summed E-state index contributed by atoms with van der Waals surface area (Å²) in [6.45, 7) is 3.16. The van der Waals surface area contributed by atoms with Crippen molar-refractivity contribution in [3.63, 3.8) is 0 Å². The number of benzene rings is 2. The third kappa shape index (κ3) is 4.57. The van der Waals surface area contributed by atoms with Gasteiger partial charge in [0.05, 0.1) is 19.6 Å². The normalized spacial score (nSPS) is 14.5. The van der Waals surface area contributed by atoms with Gasteiger partial charge in [0.2, 0.25) is 5.91 Å². The van der Waals surface area contributed by atoms with E-state index in [9.17, 15) is 4.79 Å². The van der Waals surface area contributed by atoms with Crippen LogP contribution in [0.4, 0.5) is 0 Å². The molecule has 1 aliphatic rings. The van der Waals surface area contributed by atoms with Gasteiger partial charge in [0.1, 0.15) is 12.4 Å². The Balaban J connectivity index is 1.57. The Kier molecular flexibility index (Phi) is 5.27. The Bertz CT molecular complexity index is 636. The number of carbonyl (C=O) groups is 1. The van der Waals surface area contributed by atoms with E-state index in [2.05, 4.69) is 0 Å². The third-order valence-corrected chi connectivity index (χ3v) is 3.86. The van der Waals surface area contributed by atoms with E-state index >= 15 is 0 Å². The summed E-state index contributed by atoms with van der Waals surface area (Å²) in [5.41, 5.74) is 2.09. The second-order valence-corrected chi connectivity index (χ2v) is 5.59. The van der Waals surface area contributed by atoms with Gasteiger partial charge in [0.25, 0.3) is 0 Å². The number of morpholine rings is 1. The van der Waals surface area contributed by atoms with E-state index in [1.807, 2.05) is 59.5 Å². The lowest BCUT2D eigenvalue weighted by atomic mass is 10.1. The van der Waals surface area contributed by atoms with Crippen molar-refractivity contribution in [2.24, 2.45) is 0 Å². The van der Waals surface area contributed by atoms with Gasteiger partial charge < -0.3 is 14.4 Å². The molecule has 120 valence electrons. The van der Waals surface area contributed by atoms with Crippen LogP contribution in [-0.2, 0) is 22.6 Å². The number of nitrogens with zero attached hydrogens (tertiary/aromatic N) is 1. The first kappa shape index (κ1) is 15.6. The summed E-state index contributed by atoms with van der Waals surface area (Å²) >= 11 is 0. The Morgan fingerprint density at radius 2 is 1.74 bits per heavy atom. The molecule has 0 saturated carbocycles. The molecule has 1 fully saturated rings. The maximum atomic E-state index is 12.3. The Labute approximate surface area is 136 Å². The minimum absolute atomic E-state index is 0.162. The molecule has 0 spiro atoms. The van der Waals surface area contributed by atoms with E-state index in [-0.39, 0.29) is 5.91 Å². The highest BCUT2D eigenvalue weighted by molar-refractivity contribution is 5.78. The zero-order chi connectivity index (χ0) is 15.9. The summed E-state index contributed by atoms with van der Waals surface area (Å²) in [6.07, 6.45) is 0.430. The van der Waals surface area contributed by atoms with Gasteiger partial charge in [0.15, 0.2) is 0 Å². The minimum atomic E-state index is 0.162. The van der Waals surface area contributed by atoms with Crippen molar-refractivity contribution >= 4 is 5.91 Å². The van der Waals surface area contributed by atoms with Gasteiger partial charge in [-0.25, -0.2) is 0 Å². The highest BCUT2D eigenvalue weighted by atomic mass is 16.5. The number of para-hydroxylation sites is 1. The van der Waals surface area contributed by atoms with Gasteiger partial charge in [0, 0.05) is 13.1 Å². The van der Waals surface area contributed by atoms with Crippen LogP contribution in [0.25, 0.3) is 0 Å². The van der Waals surface area contributed by atoms with Gasteiger partial charge in [-0.05, 0) is 23.3 Å². The van der Waals surface area contributed by atoms with Gasteiger partial charge in [-0.2, -0.15) is 0 Å². The molecule has 4 nitrogen and oxygen atoms in total. The van der Waals surface area contributed by atoms with Crippen LogP contribution in [0.1, 0.15) is 11.1 Å². The van der Waals surface area contributed by atoms with Crippen LogP contribution < -0.4 is 4.74 Å². The topological polar surface area (TPSA) is 38.8 Å². The van der Waals surface area contributed by atoms with Crippen LogP contribution in [0.15, 0.2) is 54.6 Å². The smallest absolute Gasteiger partial charge is 0.227 e. The monoisotopic (exact) mass is 311 g/mol. The van der Waals surface area contributed by atoms with Crippen LogP contribution in [-0.4, -0.2) is 37.1 Å². The summed E-state index contributed by atoms with van der Waals surface area (Å²) < 4.78 is 11.0. The summed E-state index contributed by atoms with van der Waals surface area (Å²) in [7, 11) is 0. The standard InChI is InChI=1S/C19H21NO3/c21-19(20-9-11-22-12-10-20)14-16-5-4-6-17(13-16)15-23-18-7-2-1-3-8-18/h1-8,13H,9-12,14-15H2. The van der Waals surface area contributed by atoms with Crippen LogP contribution in [0.3, 0.4) is 0 Å². The van der Waals surface area contributed by atoms with Crippen LogP contribution >= 0.6 is 0 Å². The first-order chi connectivity index (χ1) is 11.3. The van der Waals surface area contributed by atoms with Gasteiger partial charge in [-0.3, -0.25) is 4.79 Å². The molecule has 0 unspecified atom stereocenters. The van der Waals surface area contributed by atoms with E-state index in [0.717, 1.165) is 16.9 Å². The van der Waals surface area contributed by atoms with E-state index < -0.39 is 0 Å². The second-order valence-electron chi connectivity index (χ2n) is 5.59. The van der Waals surface area contributed by atoms with Crippen LogP contribution in [0.5, 0.6) is 5.75 Å². The van der Waals surface area contributed by atoms with Crippen molar-refractivity contribution in [1.29, 1.82) is 0 Å².